The molecular weight excluding hydrogens is 336 g/mol. The van der Waals surface area contributed by atoms with E-state index in [9.17, 15) is 9.59 Å². The van der Waals surface area contributed by atoms with Crippen LogP contribution in [-0.2, 0) is 11.3 Å². The average molecular weight is 358 g/mol. The molecule has 0 bridgehead atoms. The first-order chi connectivity index (χ1) is 12.6. The number of carbonyl (C=O) groups is 2. The highest BCUT2D eigenvalue weighted by atomic mass is 16.6. The Morgan fingerprint density at radius 3 is 2.54 bits per heavy atom. The zero-order valence-electron chi connectivity index (χ0n) is 15.0. The van der Waals surface area contributed by atoms with Crippen LogP contribution in [0.1, 0.15) is 24.2 Å². The topological polar surface area (TPSA) is 93.4 Å². The number of tetrazole rings is 1. The zero-order chi connectivity index (χ0) is 18.5. The van der Waals surface area contributed by atoms with Crippen molar-refractivity contribution in [3.8, 4) is 11.4 Å². The highest BCUT2D eigenvalue weighted by Crippen LogP contribution is 2.19. The summed E-state index contributed by atoms with van der Waals surface area (Å²) < 4.78 is 6.69. The van der Waals surface area contributed by atoms with Crippen molar-refractivity contribution in [2.45, 2.75) is 20.4 Å². The minimum Gasteiger partial charge on any atom is -0.450 e. The Morgan fingerprint density at radius 2 is 1.85 bits per heavy atom. The highest BCUT2D eigenvalue weighted by molar-refractivity contribution is 5.95. The maximum Gasteiger partial charge on any atom is 0.409 e. The predicted octanol–water partition coefficient (Wildman–Crippen LogP) is 1.27. The third-order valence-corrected chi connectivity index (χ3v) is 4.29. The molecule has 0 aliphatic carbocycles. The summed E-state index contributed by atoms with van der Waals surface area (Å²) in [6, 6.07) is 7.29. The molecule has 0 unspecified atom stereocenters. The van der Waals surface area contributed by atoms with Crippen molar-refractivity contribution in [3.05, 3.63) is 29.8 Å². The summed E-state index contributed by atoms with van der Waals surface area (Å²) in [7, 11) is 0. The van der Waals surface area contributed by atoms with Gasteiger partial charge in [0.25, 0.3) is 5.91 Å². The van der Waals surface area contributed by atoms with Gasteiger partial charge in [0.2, 0.25) is 0 Å². The highest BCUT2D eigenvalue weighted by Gasteiger charge is 2.25. The second-order valence-electron chi connectivity index (χ2n) is 5.88. The van der Waals surface area contributed by atoms with Crippen LogP contribution in [0, 0.1) is 0 Å². The Kier molecular flexibility index (Phi) is 5.45. The van der Waals surface area contributed by atoms with Crippen LogP contribution in [0.3, 0.4) is 0 Å². The van der Waals surface area contributed by atoms with E-state index in [1.807, 2.05) is 19.1 Å². The van der Waals surface area contributed by atoms with Crippen molar-refractivity contribution in [2.24, 2.45) is 0 Å². The van der Waals surface area contributed by atoms with Gasteiger partial charge in [0.05, 0.1) is 6.61 Å². The van der Waals surface area contributed by atoms with Gasteiger partial charge in [-0.2, -0.15) is 0 Å². The summed E-state index contributed by atoms with van der Waals surface area (Å²) in [5, 5.41) is 11.7. The first kappa shape index (κ1) is 17.8. The Bertz CT molecular complexity index is 782. The molecule has 0 N–H and O–H groups in total. The van der Waals surface area contributed by atoms with Crippen molar-refractivity contribution >= 4 is 12.0 Å². The average Bonchev–Trinajstić information content (AvgIpc) is 3.17. The molecule has 2 aromatic rings. The molecule has 0 spiro atoms. The van der Waals surface area contributed by atoms with Gasteiger partial charge in [-0.1, -0.05) is 12.1 Å². The Hall–Kier alpha value is -2.97. The molecule has 1 aliphatic rings. The SMILES string of the molecule is CCOC(=O)N1CCN(C(=O)c2cccc(-c3nnnn3CC)c2)CC1. The van der Waals surface area contributed by atoms with E-state index in [1.165, 1.54) is 0 Å². The van der Waals surface area contributed by atoms with Crippen LogP contribution < -0.4 is 0 Å². The van der Waals surface area contributed by atoms with Gasteiger partial charge in [0, 0.05) is 43.9 Å². The molecule has 9 nitrogen and oxygen atoms in total. The fourth-order valence-corrected chi connectivity index (χ4v) is 2.91. The molecule has 2 amide bonds. The minimum absolute atomic E-state index is 0.0640. The summed E-state index contributed by atoms with van der Waals surface area (Å²) >= 11 is 0. The van der Waals surface area contributed by atoms with Gasteiger partial charge in [-0.25, -0.2) is 9.48 Å². The van der Waals surface area contributed by atoms with Crippen molar-refractivity contribution in [2.75, 3.05) is 32.8 Å². The summed E-state index contributed by atoms with van der Waals surface area (Å²) in [6.07, 6.45) is -0.326. The molecule has 1 saturated heterocycles. The molecular formula is C17H22N6O3. The Balaban J connectivity index is 1.69. The summed E-state index contributed by atoms with van der Waals surface area (Å²) in [5.74, 6) is 0.570. The van der Waals surface area contributed by atoms with E-state index in [1.54, 1.807) is 33.5 Å². The largest absolute Gasteiger partial charge is 0.450 e. The molecule has 0 atom stereocenters. The lowest BCUT2D eigenvalue weighted by Crippen LogP contribution is -2.50. The number of carbonyl (C=O) groups excluding carboxylic acids is 2. The van der Waals surface area contributed by atoms with Crippen molar-refractivity contribution < 1.29 is 14.3 Å². The number of benzene rings is 1. The fraction of sp³-hybridized carbons (Fsp3) is 0.471. The molecule has 2 heterocycles. The number of nitrogens with zero attached hydrogens (tertiary/aromatic N) is 6. The first-order valence-corrected chi connectivity index (χ1v) is 8.71. The molecule has 26 heavy (non-hydrogen) atoms. The van der Waals surface area contributed by atoms with Gasteiger partial charge < -0.3 is 14.5 Å². The van der Waals surface area contributed by atoms with Crippen molar-refractivity contribution in [1.82, 2.24) is 30.0 Å². The van der Waals surface area contributed by atoms with E-state index in [0.29, 0.717) is 50.7 Å². The number of aryl methyl sites for hydroxylation is 1. The molecule has 1 fully saturated rings. The van der Waals surface area contributed by atoms with Crippen LogP contribution in [0.15, 0.2) is 24.3 Å². The standard InChI is InChI=1S/C17H22N6O3/c1-3-23-15(18-19-20-23)13-6-5-7-14(12-13)16(24)21-8-10-22(11-9-21)17(25)26-4-2/h5-7,12H,3-4,8-11H2,1-2H3. The monoisotopic (exact) mass is 358 g/mol. The predicted molar refractivity (Wildman–Crippen MR) is 93.4 cm³/mol. The number of hydrogen-bond donors (Lipinski definition) is 0. The van der Waals surface area contributed by atoms with E-state index in [2.05, 4.69) is 15.5 Å². The van der Waals surface area contributed by atoms with E-state index in [0.717, 1.165) is 5.56 Å². The molecule has 1 aliphatic heterocycles. The van der Waals surface area contributed by atoms with E-state index in [-0.39, 0.29) is 12.0 Å². The van der Waals surface area contributed by atoms with Gasteiger partial charge in [-0.15, -0.1) is 5.10 Å². The normalized spacial score (nSPS) is 14.4. The van der Waals surface area contributed by atoms with Gasteiger partial charge in [0.1, 0.15) is 0 Å². The lowest BCUT2D eigenvalue weighted by Gasteiger charge is -2.34. The lowest BCUT2D eigenvalue weighted by molar-refractivity contribution is 0.0570. The zero-order valence-corrected chi connectivity index (χ0v) is 15.0. The quantitative estimate of drug-likeness (QED) is 0.817. The smallest absolute Gasteiger partial charge is 0.409 e. The van der Waals surface area contributed by atoms with E-state index < -0.39 is 0 Å². The molecule has 138 valence electrons. The number of aromatic nitrogens is 4. The van der Waals surface area contributed by atoms with E-state index >= 15 is 0 Å². The third kappa shape index (κ3) is 3.66. The Labute approximate surface area is 151 Å². The van der Waals surface area contributed by atoms with Crippen LogP contribution in [0.2, 0.25) is 0 Å². The van der Waals surface area contributed by atoms with Gasteiger partial charge in [-0.3, -0.25) is 4.79 Å². The van der Waals surface area contributed by atoms with Crippen LogP contribution in [0.5, 0.6) is 0 Å². The van der Waals surface area contributed by atoms with Crippen LogP contribution in [-0.4, -0.2) is 74.8 Å². The van der Waals surface area contributed by atoms with Gasteiger partial charge in [0.15, 0.2) is 5.82 Å². The number of amides is 2. The molecule has 0 saturated carbocycles. The molecule has 1 aromatic heterocycles. The summed E-state index contributed by atoms with van der Waals surface area (Å²) in [4.78, 5) is 27.9. The van der Waals surface area contributed by atoms with Crippen LogP contribution in [0.25, 0.3) is 11.4 Å². The molecule has 0 radical (unpaired) electrons. The fourth-order valence-electron chi connectivity index (χ4n) is 2.91. The second-order valence-corrected chi connectivity index (χ2v) is 5.88. The minimum atomic E-state index is -0.326. The van der Waals surface area contributed by atoms with E-state index in [4.69, 9.17) is 4.74 Å². The molecule has 3 rings (SSSR count). The number of rotatable bonds is 4. The number of ether oxygens (including phenoxy) is 1. The first-order valence-electron chi connectivity index (χ1n) is 8.71. The van der Waals surface area contributed by atoms with Crippen LogP contribution in [0.4, 0.5) is 4.79 Å². The third-order valence-electron chi connectivity index (χ3n) is 4.29. The van der Waals surface area contributed by atoms with Gasteiger partial charge >= 0.3 is 6.09 Å². The van der Waals surface area contributed by atoms with Crippen LogP contribution >= 0.6 is 0 Å². The maximum atomic E-state index is 12.8. The second kappa shape index (κ2) is 7.94. The number of hydrogen-bond acceptors (Lipinski definition) is 6. The Morgan fingerprint density at radius 1 is 1.12 bits per heavy atom. The van der Waals surface area contributed by atoms with Crippen molar-refractivity contribution in [1.29, 1.82) is 0 Å². The molecule has 9 heteroatoms. The molecule has 1 aromatic carbocycles. The lowest BCUT2D eigenvalue weighted by atomic mass is 10.1. The summed E-state index contributed by atoms with van der Waals surface area (Å²) in [6.45, 7) is 6.63. The summed E-state index contributed by atoms with van der Waals surface area (Å²) in [5.41, 5.74) is 1.38. The van der Waals surface area contributed by atoms with Crippen molar-refractivity contribution in [3.63, 3.8) is 0 Å². The number of piperazine rings is 1. The maximum absolute atomic E-state index is 12.8. The van der Waals surface area contributed by atoms with Gasteiger partial charge in [-0.05, 0) is 36.4 Å².